The quantitative estimate of drug-likeness (QED) is 0.516. The number of nitrogens with zero attached hydrogens (tertiary/aromatic N) is 1. The third-order valence-corrected chi connectivity index (χ3v) is 6.15. The van der Waals surface area contributed by atoms with Crippen molar-refractivity contribution in [2.75, 3.05) is 5.32 Å². The first-order valence-corrected chi connectivity index (χ1v) is 10.4. The third kappa shape index (κ3) is 4.24. The highest BCUT2D eigenvalue weighted by Crippen LogP contribution is 2.34. The molecule has 0 bridgehead atoms. The molecule has 2 aromatic carbocycles. The summed E-state index contributed by atoms with van der Waals surface area (Å²) >= 11 is 24.1. The third-order valence-electron chi connectivity index (χ3n) is 4.61. The molecule has 1 heterocycles. The maximum Gasteiger partial charge on any atom is 0.262 e. The van der Waals surface area contributed by atoms with E-state index in [4.69, 9.17) is 46.4 Å². The number of carbonyl (C=O) groups is 3. The summed E-state index contributed by atoms with van der Waals surface area (Å²) in [6, 6.07) is 6.49. The number of rotatable bonds is 6. The van der Waals surface area contributed by atoms with Crippen LogP contribution in [0.5, 0.6) is 0 Å². The highest BCUT2D eigenvalue weighted by atomic mass is 35.5. The molecule has 29 heavy (non-hydrogen) atoms. The molecular formula is C20H16Cl4N2O3. The molecule has 152 valence electrons. The number of hydrogen-bond donors (Lipinski definition) is 1. The molecule has 3 rings (SSSR count). The van der Waals surface area contributed by atoms with E-state index in [1.807, 2.05) is 6.92 Å². The Balaban J connectivity index is 1.94. The monoisotopic (exact) mass is 472 g/mol. The summed E-state index contributed by atoms with van der Waals surface area (Å²) in [6.07, 6.45) is 1.71. The van der Waals surface area contributed by atoms with Crippen LogP contribution in [0.2, 0.25) is 20.1 Å². The minimum Gasteiger partial charge on any atom is -0.323 e. The molecule has 0 aromatic heterocycles. The van der Waals surface area contributed by atoms with Crippen LogP contribution in [0.15, 0.2) is 30.3 Å². The second-order valence-corrected chi connectivity index (χ2v) is 8.14. The van der Waals surface area contributed by atoms with Crippen molar-refractivity contribution in [1.82, 2.24) is 4.90 Å². The first-order valence-electron chi connectivity index (χ1n) is 8.88. The summed E-state index contributed by atoms with van der Waals surface area (Å²) in [5.74, 6) is -1.71. The van der Waals surface area contributed by atoms with Gasteiger partial charge in [0.15, 0.2) is 0 Å². The highest BCUT2D eigenvalue weighted by Gasteiger charge is 2.43. The first-order chi connectivity index (χ1) is 13.8. The fraction of sp³-hybridized carbons (Fsp3) is 0.250. The van der Waals surface area contributed by atoms with E-state index in [0.29, 0.717) is 18.5 Å². The number of fused-ring (bicyclic) bond motifs is 1. The van der Waals surface area contributed by atoms with Gasteiger partial charge >= 0.3 is 0 Å². The van der Waals surface area contributed by atoms with E-state index in [2.05, 4.69) is 5.32 Å². The van der Waals surface area contributed by atoms with Crippen LogP contribution < -0.4 is 5.32 Å². The van der Waals surface area contributed by atoms with Crippen LogP contribution in [0, 0.1) is 0 Å². The van der Waals surface area contributed by atoms with Crippen LogP contribution in [0.3, 0.4) is 0 Å². The smallest absolute Gasteiger partial charge is 0.262 e. The van der Waals surface area contributed by atoms with Gasteiger partial charge in [-0.3, -0.25) is 19.3 Å². The van der Waals surface area contributed by atoms with Crippen molar-refractivity contribution in [3.63, 3.8) is 0 Å². The van der Waals surface area contributed by atoms with E-state index in [9.17, 15) is 14.4 Å². The summed E-state index contributed by atoms with van der Waals surface area (Å²) in [5.41, 5.74) is 0.548. The Morgan fingerprint density at radius 2 is 1.59 bits per heavy atom. The van der Waals surface area contributed by atoms with Gasteiger partial charge in [0.05, 0.1) is 36.9 Å². The summed E-state index contributed by atoms with van der Waals surface area (Å²) in [5, 5.41) is 3.45. The average molecular weight is 474 g/mol. The van der Waals surface area contributed by atoms with Crippen molar-refractivity contribution in [3.8, 4) is 0 Å². The summed E-state index contributed by atoms with van der Waals surface area (Å²) in [7, 11) is 0. The number of anilines is 1. The molecule has 1 aliphatic rings. The summed E-state index contributed by atoms with van der Waals surface area (Å²) < 4.78 is 0. The van der Waals surface area contributed by atoms with Crippen LogP contribution in [0.4, 0.5) is 5.69 Å². The number of nitrogens with one attached hydrogen (secondary N) is 1. The normalized spacial score (nSPS) is 14.2. The zero-order valence-corrected chi connectivity index (χ0v) is 18.3. The molecule has 0 saturated carbocycles. The Bertz CT molecular complexity index is 968. The van der Waals surface area contributed by atoms with E-state index in [1.165, 1.54) is 12.1 Å². The van der Waals surface area contributed by atoms with Gasteiger partial charge in [0, 0.05) is 0 Å². The summed E-state index contributed by atoms with van der Waals surface area (Å²) in [4.78, 5) is 39.9. The fourth-order valence-corrected chi connectivity index (χ4v) is 3.80. The van der Waals surface area contributed by atoms with E-state index in [1.54, 1.807) is 18.2 Å². The molecular weight excluding hydrogens is 458 g/mol. The molecule has 3 amide bonds. The molecule has 0 aliphatic carbocycles. The predicted octanol–water partition coefficient (Wildman–Crippen LogP) is 6.09. The lowest BCUT2D eigenvalue weighted by atomic mass is 10.1. The van der Waals surface area contributed by atoms with Crippen molar-refractivity contribution < 1.29 is 14.4 Å². The van der Waals surface area contributed by atoms with Crippen LogP contribution in [0.1, 0.15) is 46.9 Å². The number of halogens is 4. The Morgan fingerprint density at radius 1 is 1.00 bits per heavy atom. The Labute approximate surface area is 187 Å². The minimum absolute atomic E-state index is 0.125. The lowest BCUT2D eigenvalue weighted by Crippen LogP contribution is -2.47. The molecule has 5 nitrogen and oxygen atoms in total. The van der Waals surface area contributed by atoms with E-state index in [0.717, 1.165) is 11.3 Å². The van der Waals surface area contributed by atoms with E-state index < -0.39 is 23.8 Å². The Morgan fingerprint density at radius 3 is 2.14 bits per heavy atom. The molecule has 0 radical (unpaired) electrons. The number of carbonyl (C=O) groups excluding carboxylic acids is 3. The lowest BCUT2D eigenvalue weighted by Gasteiger charge is -2.25. The van der Waals surface area contributed by atoms with Crippen molar-refractivity contribution in [1.29, 1.82) is 0 Å². The number of amides is 3. The molecule has 1 unspecified atom stereocenters. The second-order valence-electron chi connectivity index (χ2n) is 6.54. The highest BCUT2D eigenvalue weighted by molar-refractivity contribution is 6.44. The van der Waals surface area contributed by atoms with Crippen molar-refractivity contribution in [2.24, 2.45) is 0 Å². The summed E-state index contributed by atoms with van der Waals surface area (Å²) in [6.45, 7) is 1.95. The molecule has 2 aromatic rings. The average Bonchev–Trinajstić information content (AvgIpc) is 2.91. The largest absolute Gasteiger partial charge is 0.323 e. The van der Waals surface area contributed by atoms with Gasteiger partial charge in [-0.2, -0.15) is 0 Å². The fourth-order valence-electron chi connectivity index (χ4n) is 3.13. The van der Waals surface area contributed by atoms with Crippen LogP contribution >= 0.6 is 46.4 Å². The van der Waals surface area contributed by atoms with Gasteiger partial charge < -0.3 is 5.32 Å². The Kier molecular flexibility index (Phi) is 6.74. The van der Waals surface area contributed by atoms with E-state index >= 15 is 0 Å². The number of unbranched alkanes of at least 4 members (excludes halogenated alkanes) is 1. The minimum atomic E-state index is -1.02. The zero-order chi connectivity index (χ0) is 21.3. The topological polar surface area (TPSA) is 66.5 Å². The molecule has 9 heteroatoms. The first kappa shape index (κ1) is 21.9. The van der Waals surface area contributed by atoms with Gasteiger partial charge in [-0.1, -0.05) is 72.2 Å². The Hall–Kier alpha value is -1.79. The maximum absolute atomic E-state index is 13.0. The molecule has 1 aliphatic heterocycles. The molecule has 0 spiro atoms. The maximum atomic E-state index is 13.0. The SMILES string of the molecule is CCCCC(C(=O)Nc1cccc(Cl)c1Cl)N1C(=O)c2cc(Cl)c(Cl)cc2C1=O. The zero-order valence-electron chi connectivity index (χ0n) is 15.3. The van der Waals surface area contributed by atoms with Crippen molar-refractivity contribution in [3.05, 3.63) is 61.5 Å². The molecule has 0 fully saturated rings. The second kappa shape index (κ2) is 8.92. The predicted molar refractivity (Wildman–Crippen MR) is 115 cm³/mol. The number of benzene rings is 2. The van der Waals surface area contributed by atoms with Gasteiger partial charge in [-0.15, -0.1) is 0 Å². The van der Waals surface area contributed by atoms with E-state index in [-0.39, 0.29) is 31.2 Å². The lowest BCUT2D eigenvalue weighted by molar-refractivity contribution is -0.120. The molecule has 0 saturated heterocycles. The number of imide groups is 1. The van der Waals surface area contributed by atoms with Gasteiger partial charge in [0.1, 0.15) is 6.04 Å². The van der Waals surface area contributed by atoms with Gasteiger partial charge in [-0.05, 0) is 30.7 Å². The van der Waals surface area contributed by atoms with Crippen LogP contribution in [0.25, 0.3) is 0 Å². The van der Waals surface area contributed by atoms with Crippen LogP contribution in [-0.2, 0) is 4.79 Å². The van der Waals surface area contributed by atoms with Crippen LogP contribution in [-0.4, -0.2) is 28.7 Å². The van der Waals surface area contributed by atoms with Crippen molar-refractivity contribution in [2.45, 2.75) is 32.2 Å². The van der Waals surface area contributed by atoms with Crippen molar-refractivity contribution >= 4 is 69.8 Å². The number of hydrogen-bond acceptors (Lipinski definition) is 3. The van der Waals surface area contributed by atoms with Gasteiger partial charge in [0.2, 0.25) is 5.91 Å². The van der Waals surface area contributed by atoms with Gasteiger partial charge in [-0.25, -0.2) is 0 Å². The molecule has 1 N–H and O–H groups in total. The standard InChI is InChI=1S/C20H16Cl4N2O3/c1-2-3-7-16(18(27)25-15-6-4-5-12(21)17(15)24)26-19(28)10-8-13(22)14(23)9-11(10)20(26)29/h4-6,8-9,16H,2-3,7H2,1H3,(H,25,27). The van der Waals surface area contributed by atoms with Gasteiger partial charge in [0.25, 0.3) is 11.8 Å². The molecule has 1 atom stereocenters.